The fourth-order valence-corrected chi connectivity index (χ4v) is 1.93. The first-order valence-electron chi connectivity index (χ1n) is 7.35. The molecule has 0 radical (unpaired) electrons. The molecule has 0 saturated heterocycles. The van der Waals surface area contributed by atoms with Gasteiger partial charge in [0.05, 0.1) is 6.61 Å². The number of rotatable bonds is 10. The number of ether oxygens (including phenoxy) is 1. The number of carbonyl (C=O) groups is 1. The summed E-state index contributed by atoms with van der Waals surface area (Å²) in [4.78, 5) is 11.1. The smallest absolute Gasteiger partial charge is 0.320 e. The molecule has 2 N–H and O–H groups in total. The topological polar surface area (TPSA) is 58.6 Å². The molecule has 0 aliphatic rings. The van der Waals surface area contributed by atoms with Gasteiger partial charge in [-0.05, 0) is 30.5 Å². The van der Waals surface area contributed by atoms with Gasteiger partial charge in [-0.25, -0.2) is 0 Å². The molecule has 0 aromatic heterocycles. The van der Waals surface area contributed by atoms with Crippen LogP contribution >= 0.6 is 0 Å². The van der Waals surface area contributed by atoms with Gasteiger partial charge >= 0.3 is 5.97 Å². The van der Waals surface area contributed by atoms with Gasteiger partial charge < -0.3 is 15.2 Å². The minimum atomic E-state index is -0.781. The monoisotopic (exact) mass is 279 g/mol. The molecule has 20 heavy (non-hydrogen) atoms. The Morgan fingerprint density at radius 2 is 2.15 bits per heavy atom. The molecule has 0 saturated carbocycles. The predicted molar refractivity (Wildman–Crippen MR) is 80.0 cm³/mol. The summed E-state index contributed by atoms with van der Waals surface area (Å²) in [5.41, 5.74) is 1.04. The fraction of sp³-hybridized carbons (Fsp3) is 0.562. The Balaban J connectivity index is 2.52. The number of nitrogens with one attached hydrogen (secondary N) is 1. The lowest BCUT2D eigenvalue weighted by molar-refractivity contribution is -0.139. The summed E-state index contributed by atoms with van der Waals surface area (Å²) in [6.45, 7) is 5.37. The highest BCUT2D eigenvalue weighted by Crippen LogP contribution is 2.14. The molecule has 0 fully saturated rings. The third kappa shape index (κ3) is 6.06. The zero-order valence-corrected chi connectivity index (χ0v) is 12.4. The molecule has 1 aromatic carbocycles. The van der Waals surface area contributed by atoms with E-state index in [9.17, 15) is 4.79 Å². The van der Waals surface area contributed by atoms with Crippen LogP contribution in [0.15, 0.2) is 24.3 Å². The van der Waals surface area contributed by atoms with Gasteiger partial charge in [0.25, 0.3) is 0 Å². The Morgan fingerprint density at radius 3 is 2.80 bits per heavy atom. The van der Waals surface area contributed by atoms with Crippen molar-refractivity contribution in [2.45, 2.75) is 52.1 Å². The minimum absolute atomic E-state index is 0.477. The van der Waals surface area contributed by atoms with Gasteiger partial charge in [-0.1, -0.05) is 38.8 Å². The second kappa shape index (κ2) is 9.37. The Labute approximate surface area is 121 Å². The SMILES string of the molecule is CCCCC(NCc1cccc(OCCC)c1)C(=O)O. The number of benzene rings is 1. The third-order valence-electron chi connectivity index (χ3n) is 3.07. The van der Waals surface area contributed by atoms with E-state index in [1.54, 1.807) is 0 Å². The quantitative estimate of drug-likeness (QED) is 0.690. The molecule has 1 aromatic rings. The largest absolute Gasteiger partial charge is 0.494 e. The minimum Gasteiger partial charge on any atom is -0.494 e. The molecule has 1 atom stereocenters. The summed E-state index contributed by atoms with van der Waals surface area (Å²) in [5, 5.41) is 12.3. The van der Waals surface area contributed by atoms with Gasteiger partial charge in [0.2, 0.25) is 0 Å². The van der Waals surface area contributed by atoms with Crippen LogP contribution in [0.5, 0.6) is 5.75 Å². The molecule has 0 spiro atoms. The molecule has 0 bridgehead atoms. The lowest BCUT2D eigenvalue weighted by atomic mass is 10.1. The zero-order valence-electron chi connectivity index (χ0n) is 12.4. The highest BCUT2D eigenvalue weighted by atomic mass is 16.5. The summed E-state index contributed by atoms with van der Waals surface area (Å²) in [5.74, 6) is 0.0587. The van der Waals surface area contributed by atoms with E-state index >= 15 is 0 Å². The molecule has 1 unspecified atom stereocenters. The number of hydrogen-bond acceptors (Lipinski definition) is 3. The molecule has 112 valence electrons. The van der Waals surface area contributed by atoms with Crippen molar-refractivity contribution in [3.05, 3.63) is 29.8 Å². The van der Waals surface area contributed by atoms with Crippen molar-refractivity contribution in [1.82, 2.24) is 5.32 Å². The number of unbranched alkanes of at least 4 members (excludes halogenated alkanes) is 1. The van der Waals surface area contributed by atoms with Crippen LogP contribution in [0.25, 0.3) is 0 Å². The second-order valence-corrected chi connectivity index (χ2v) is 4.91. The van der Waals surface area contributed by atoms with E-state index in [1.807, 2.05) is 24.3 Å². The van der Waals surface area contributed by atoms with E-state index in [4.69, 9.17) is 9.84 Å². The van der Waals surface area contributed by atoms with Crippen LogP contribution in [0.1, 0.15) is 45.1 Å². The Bertz CT molecular complexity index is 406. The summed E-state index contributed by atoms with van der Waals surface area (Å²) in [7, 11) is 0. The standard InChI is InChI=1S/C16H25NO3/c1-3-5-9-15(16(18)19)17-12-13-7-6-8-14(11-13)20-10-4-2/h6-8,11,15,17H,3-5,9-10,12H2,1-2H3,(H,18,19). The summed E-state index contributed by atoms with van der Waals surface area (Å²) in [6.07, 6.45) is 3.56. The van der Waals surface area contributed by atoms with Crippen molar-refractivity contribution in [3.63, 3.8) is 0 Å². The van der Waals surface area contributed by atoms with E-state index in [1.165, 1.54) is 0 Å². The maximum absolute atomic E-state index is 11.1. The van der Waals surface area contributed by atoms with Crippen LogP contribution in [0, 0.1) is 0 Å². The zero-order chi connectivity index (χ0) is 14.8. The number of carboxylic acid groups (broad SMARTS) is 1. The average molecular weight is 279 g/mol. The first-order valence-corrected chi connectivity index (χ1v) is 7.35. The van der Waals surface area contributed by atoms with Crippen LogP contribution in [0.2, 0.25) is 0 Å². The summed E-state index contributed by atoms with van der Waals surface area (Å²) >= 11 is 0. The van der Waals surface area contributed by atoms with E-state index in [-0.39, 0.29) is 0 Å². The van der Waals surface area contributed by atoms with Crippen molar-refractivity contribution in [2.24, 2.45) is 0 Å². The molecule has 0 aliphatic heterocycles. The average Bonchev–Trinajstić information content (AvgIpc) is 2.45. The van der Waals surface area contributed by atoms with Crippen LogP contribution in [-0.4, -0.2) is 23.7 Å². The maximum Gasteiger partial charge on any atom is 0.320 e. The normalized spacial score (nSPS) is 12.1. The molecular formula is C16H25NO3. The van der Waals surface area contributed by atoms with Crippen LogP contribution in [0.4, 0.5) is 0 Å². The van der Waals surface area contributed by atoms with Crippen LogP contribution in [-0.2, 0) is 11.3 Å². The predicted octanol–water partition coefficient (Wildman–Crippen LogP) is 3.21. The van der Waals surface area contributed by atoms with Gasteiger partial charge in [0.1, 0.15) is 11.8 Å². The molecule has 0 aliphatic carbocycles. The van der Waals surface area contributed by atoms with Crippen LogP contribution in [0.3, 0.4) is 0 Å². The fourth-order valence-electron chi connectivity index (χ4n) is 1.93. The van der Waals surface area contributed by atoms with E-state index in [2.05, 4.69) is 19.2 Å². The van der Waals surface area contributed by atoms with Crippen molar-refractivity contribution in [2.75, 3.05) is 6.61 Å². The molecular weight excluding hydrogens is 254 g/mol. The van der Waals surface area contributed by atoms with Gasteiger partial charge in [-0.3, -0.25) is 4.79 Å². The Morgan fingerprint density at radius 1 is 1.35 bits per heavy atom. The van der Waals surface area contributed by atoms with Crippen molar-refractivity contribution in [1.29, 1.82) is 0 Å². The van der Waals surface area contributed by atoms with Gasteiger partial charge in [0.15, 0.2) is 0 Å². The Hall–Kier alpha value is -1.55. The molecule has 0 heterocycles. The van der Waals surface area contributed by atoms with Crippen molar-refractivity contribution >= 4 is 5.97 Å². The highest BCUT2D eigenvalue weighted by Gasteiger charge is 2.15. The summed E-state index contributed by atoms with van der Waals surface area (Å²) < 4.78 is 5.57. The lowest BCUT2D eigenvalue weighted by Gasteiger charge is -2.14. The van der Waals surface area contributed by atoms with Crippen molar-refractivity contribution < 1.29 is 14.6 Å². The first-order chi connectivity index (χ1) is 9.67. The number of hydrogen-bond donors (Lipinski definition) is 2. The third-order valence-corrected chi connectivity index (χ3v) is 3.07. The summed E-state index contributed by atoms with van der Waals surface area (Å²) in [6, 6.07) is 7.32. The number of aliphatic carboxylic acids is 1. The molecule has 0 amide bonds. The van der Waals surface area contributed by atoms with Gasteiger partial charge in [-0.15, -0.1) is 0 Å². The van der Waals surface area contributed by atoms with E-state index < -0.39 is 12.0 Å². The lowest BCUT2D eigenvalue weighted by Crippen LogP contribution is -2.36. The maximum atomic E-state index is 11.1. The molecule has 4 nitrogen and oxygen atoms in total. The van der Waals surface area contributed by atoms with Gasteiger partial charge in [-0.2, -0.15) is 0 Å². The molecule has 4 heteroatoms. The van der Waals surface area contributed by atoms with Crippen molar-refractivity contribution in [3.8, 4) is 5.75 Å². The van der Waals surface area contributed by atoms with Gasteiger partial charge in [0, 0.05) is 6.54 Å². The molecule has 1 rings (SSSR count). The van der Waals surface area contributed by atoms with Crippen LogP contribution < -0.4 is 10.1 Å². The van der Waals surface area contributed by atoms with E-state index in [0.717, 1.165) is 30.6 Å². The Kier molecular flexibility index (Phi) is 7.73. The number of carboxylic acids is 1. The van der Waals surface area contributed by atoms with E-state index in [0.29, 0.717) is 19.6 Å². The second-order valence-electron chi connectivity index (χ2n) is 4.91. The highest BCUT2D eigenvalue weighted by molar-refractivity contribution is 5.73. The first kappa shape index (κ1) is 16.5.